The fourth-order valence-electron chi connectivity index (χ4n) is 10.1. The number of aliphatic hydroxyl groups is 1. The van der Waals surface area contributed by atoms with Gasteiger partial charge in [0.25, 0.3) is 0 Å². The molecule has 0 fully saturated rings. The third-order valence-electron chi connectivity index (χ3n) is 15.8. The van der Waals surface area contributed by atoms with Crippen LogP contribution in [0, 0.1) is 18.8 Å². The van der Waals surface area contributed by atoms with Gasteiger partial charge in [-0.05, 0) is 181 Å². The monoisotopic (exact) mass is 1870 g/mol. The first-order valence-corrected chi connectivity index (χ1v) is 60.8. The largest absolute Gasteiger partial charge is 0.143 e. The molecule has 0 aliphatic heterocycles. The number of thiophene rings is 10. The number of aliphatic hydroxyl groups excluding tert-OH is 1. The second-order valence-electron chi connectivity index (χ2n) is 24.1. The minimum absolute atomic E-state index is 0.0119. The average molecular weight is 1880 g/mol. The van der Waals surface area contributed by atoms with E-state index in [9.17, 15) is 24.3 Å². The van der Waals surface area contributed by atoms with Crippen molar-refractivity contribution in [2.75, 3.05) is 5.34 Å². The van der Waals surface area contributed by atoms with Crippen LogP contribution in [0.2, 0.25) is 0 Å². The van der Waals surface area contributed by atoms with Gasteiger partial charge in [-0.15, -0.1) is 137 Å². The first kappa shape index (κ1) is 98.3. The maximum atomic E-state index is 12.9. The fraction of sp³-hybridized carbons (Fsp3) is 0.457. The van der Waals surface area contributed by atoms with Crippen molar-refractivity contribution >= 4 is 221 Å². The molecule has 10 aromatic rings. The summed E-state index contributed by atoms with van der Waals surface area (Å²) in [5.74, 6) is 0.382. The molecule has 0 radical (unpaired) electrons. The normalized spacial score (nSPS) is 12.1. The van der Waals surface area contributed by atoms with E-state index in [2.05, 4.69) is 172 Å². The summed E-state index contributed by atoms with van der Waals surface area (Å²) in [7, 11) is 20.1. The summed E-state index contributed by atoms with van der Waals surface area (Å²) < 4.78 is 12.0. The van der Waals surface area contributed by atoms with E-state index >= 15 is 0 Å². The van der Waals surface area contributed by atoms with Gasteiger partial charge in [-0.25, -0.2) is 0 Å². The van der Waals surface area contributed by atoms with Gasteiger partial charge in [-0.3, -0.25) is 19.2 Å². The minimum atomic E-state index is -3.29. The van der Waals surface area contributed by atoms with Crippen LogP contribution in [0.4, 0.5) is 0 Å². The molecule has 0 aliphatic carbocycles. The second kappa shape index (κ2) is 58.9. The fourth-order valence-corrected chi connectivity index (χ4v) is 19.5. The Bertz CT molecular complexity index is 3760. The van der Waals surface area contributed by atoms with Gasteiger partial charge in [-0.1, -0.05) is 170 Å². The van der Waals surface area contributed by atoms with Gasteiger partial charge in [0.2, 0.25) is 5.24 Å². The number of carbonyl (C=O) groups excluding carboxylic acids is 4. The number of Topliss-reactive ketones (excluding diaryl/α,β-unsaturated/α-hetero) is 1. The Morgan fingerprint density at radius 2 is 0.708 bits per heavy atom. The minimum Gasteiger partial charge on any atom is -0.143 e. The standard InChI is InChI=1S/C24H36O2S2.C23H34O2S2.C11H12OS2.C11H10OS2.C8H6S2.C3H5ClO.CH2Cl2.4ClH.Sn/c1-5-8-10-11-13-19(12-9-6-2)24(25)26-20(7-3)21-16-17-23(28-21)22-15-14-18(4)27-22;1-4-7-9-10-13-18(12-8-5-2)23(24)25-19(6-3)20-15-16-22(27-20)21-14-11-17-26-21;2*1-2-8(12)9-5-6-11(14-9)10-4-3-7-13-10;1-3-7(9-5-1)8-4-2-6-10-8;1-2-3(4)5;2-1-3;;;;;/h14-17,19-20H,5-13H2,1-4H3;11,14-19H,4-10,12-13H2,1-3H3;3-8,12H,2H2,1H3;3-7H,2H2,1H3;1-6H;2H2,1H3;1H2;4*1H;/q;;;;;;;;;;;+4/p-4. The zero-order valence-electron chi connectivity index (χ0n) is 62.5. The summed E-state index contributed by atoms with van der Waals surface area (Å²) in [6.07, 6.45) is 20.9. The molecule has 1 N–H and O–H groups in total. The van der Waals surface area contributed by atoms with Crippen LogP contribution in [0.5, 0.6) is 0 Å². The van der Waals surface area contributed by atoms with Crippen LogP contribution in [0.3, 0.4) is 0 Å². The number of esters is 2. The Balaban J connectivity index is 0.000000342. The molecule has 584 valence electrons. The Morgan fingerprint density at radius 3 is 1.02 bits per heavy atom. The third-order valence-corrected chi connectivity index (χ3v) is 27.1. The van der Waals surface area contributed by atoms with Gasteiger partial charge in [0, 0.05) is 81.1 Å². The molecule has 0 amide bonds. The molecule has 5 atom stereocenters. The molecule has 0 spiro atoms. The van der Waals surface area contributed by atoms with Crippen LogP contribution in [-0.4, -0.2) is 47.3 Å². The maximum Gasteiger partial charge on any atom is 0.0442 e. The van der Waals surface area contributed by atoms with Gasteiger partial charge >= 0.3 is 61.5 Å². The summed E-state index contributed by atoms with van der Waals surface area (Å²) in [6.45, 7) is 20.8. The van der Waals surface area contributed by atoms with Crippen LogP contribution in [0.15, 0.2) is 148 Å². The van der Waals surface area contributed by atoms with Crippen molar-refractivity contribution in [2.24, 2.45) is 11.8 Å². The van der Waals surface area contributed by atoms with Crippen molar-refractivity contribution in [3.63, 3.8) is 0 Å². The van der Waals surface area contributed by atoms with Gasteiger partial charge in [0.05, 0.1) is 28.2 Å². The van der Waals surface area contributed by atoms with E-state index in [-0.39, 0.29) is 58.5 Å². The Kier molecular flexibility index (Phi) is 54.6. The van der Waals surface area contributed by atoms with Crippen molar-refractivity contribution in [2.45, 2.75) is 222 Å². The summed E-state index contributed by atoms with van der Waals surface area (Å²) in [4.78, 5) is 65.2. The van der Waals surface area contributed by atoms with E-state index in [1.807, 2.05) is 49.4 Å². The molecular weight excluding hydrogens is 1770 g/mol. The van der Waals surface area contributed by atoms with Crippen molar-refractivity contribution in [1.29, 1.82) is 0 Å². The first-order valence-electron chi connectivity index (χ1n) is 36.4. The molecule has 10 aromatic heterocycles. The van der Waals surface area contributed by atoms with Crippen molar-refractivity contribution in [3.8, 4) is 48.8 Å². The number of aryl methyl sites for hydroxylation is 1. The number of hydrogen-bond acceptors (Lipinski definition) is 17. The van der Waals surface area contributed by atoms with E-state index in [4.69, 9.17) is 80.0 Å². The number of unbranched alkanes of at least 4 members (excludes halogenated alkanes) is 8. The predicted molar refractivity (Wildman–Crippen MR) is 481 cm³/mol. The summed E-state index contributed by atoms with van der Waals surface area (Å²) in [5.41, 5.74) is 0. The molecule has 0 bridgehead atoms. The molecule has 7 nitrogen and oxygen atoms in total. The van der Waals surface area contributed by atoms with E-state index in [1.54, 1.807) is 109 Å². The molecule has 10 rings (SSSR count). The first-order chi connectivity index (χ1) is 51.0. The van der Waals surface area contributed by atoms with Gasteiger partial charge in [-0.2, -0.15) is 0 Å². The molecular formula is C81H105Cl7O7S10Sn. The SMILES string of the molecule is CCC(=O)Cl.CCC(=O)c1ccc(-c2cccs2)s1.CCC(O)c1ccc(-c2cccs2)s1.CCCCCCC(CCCC)C(=O)OC(CC)c1ccc(-c2ccc(C)s2)s1.CCCCCCC(CCCC)C(=O)OC(CC)c1ccc(-c2cccs2)s1.ClCCl.[Cl][Sn]([Cl])([Cl])[Cl].c1csc(-c2cccs2)c1. The second-order valence-corrected chi connectivity index (χ2v) is 61.2. The Morgan fingerprint density at radius 1 is 0.396 bits per heavy atom. The topological polar surface area (TPSA) is 107 Å². The summed E-state index contributed by atoms with van der Waals surface area (Å²) >= 11 is 28.4. The smallest absolute Gasteiger partial charge is 0.0442 e. The molecule has 5 unspecified atom stereocenters. The van der Waals surface area contributed by atoms with Gasteiger partial charge in [0.1, 0.15) is 12.2 Å². The maximum absolute atomic E-state index is 12.9. The van der Waals surface area contributed by atoms with Crippen LogP contribution in [-0.2, 0) is 23.9 Å². The van der Waals surface area contributed by atoms with Crippen LogP contribution in [0.1, 0.15) is 245 Å². The van der Waals surface area contributed by atoms with Crippen molar-refractivity contribution < 1.29 is 33.8 Å². The number of halogens is 7. The van der Waals surface area contributed by atoms with E-state index in [1.165, 1.54) is 92.2 Å². The molecule has 0 aliphatic rings. The molecule has 10 heterocycles. The molecule has 106 heavy (non-hydrogen) atoms. The van der Waals surface area contributed by atoms with Crippen LogP contribution >= 0.6 is 184 Å². The van der Waals surface area contributed by atoms with E-state index < -0.39 is 13.9 Å². The summed E-state index contributed by atoms with van der Waals surface area (Å²) in [6, 6.07) is 41.9. The molecule has 0 saturated heterocycles. The van der Waals surface area contributed by atoms with Gasteiger partial charge in [0.15, 0.2) is 5.78 Å². The predicted octanol–water partition coefficient (Wildman–Crippen LogP) is 33.2. The van der Waals surface area contributed by atoms with Crippen LogP contribution < -0.4 is 0 Å². The van der Waals surface area contributed by atoms with E-state index in [0.29, 0.717) is 12.8 Å². The number of ketones is 1. The molecule has 0 aromatic carbocycles. The number of carbonyl (C=O) groups is 4. The van der Waals surface area contributed by atoms with Crippen LogP contribution in [0.25, 0.3) is 48.8 Å². The Hall–Kier alpha value is -1.93. The van der Waals surface area contributed by atoms with Gasteiger partial charge < -0.3 is 14.6 Å². The molecule has 0 saturated carbocycles. The number of alkyl halides is 2. The number of rotatable bonds is 34. The quantitative estimate of drug-likeness (QED) is 0.0107. The zero-order chi connectivity index (χ0) is 78.1. The molecule has 25 heteroatoms. The number of ether oxygens (including phenoxy) is 2. The van der Waals surface area contributed by atoms with E-state index in [0.717, 1.165) is 103 Å². The van der Waals surface area contributed by atoms with Crippen molar-refractivity contribution in [1.82, 2.24) is 0 Å². The number of hydrogen-bond donors (Lipinski definition) is 1. The van der Waals surface area contributed by atoms with Crippen molar-refractivity contribution in [3.05, 3.63) is 173 Å². The summed E-state index contributed by atoms with van der Waals surface area (Å²) in [5, 5.41) is 20.0. The zero-order valence-corrected chi connectivity index (χ0v) is 78.8. The Labute approximate surface area is 707 Å². The average Bonchev–Trinajstić information content (AvgIpc) is 1.68. The third kappa shape index (κ3) is 40.7.